The number of hydrogen-bond acceptors (Lipinski definition) is 3. The summed E-state index contributed by atoms with van der Waals surface area (Å²) >= 11 is 3.46. The van der Waals surface area contributed by atoms with Gasteiger partial charge in [-0.05, 0) is 25.3 Å². The molecule has 2 heterocycles. The van der Waals surface area contributed by atoms with Gasteiger partial charge >= 0.3 is 0 Å². The second-order valence-electron chi connectivity index (χ2n) is 3.57. The summed E-state index contributed by atoms with van der Waals surface area (Å²) in [5, 5.41) is 2.32. The van der Waals surface area contributed by atoms with E-state index >= 15 is 0 Å². The van der Waals surface area contributed by atoms with Crippen LogP contribution in [0.4, 0.5) is 0 Å². The quantitative estimate of drug-likeness (QED) is 0.774. The van der Waals surface area contributed by atoms with Gasteiger partial charge in [0.15, 0.2) is 0 Å². The zero-order valence-corrected chi connectivity index (χ0v) is 9.90. The molecule has 1 amide bonds. The molecule has 0 aliphatic carbocycles. The lowest BCUT2D eigenvalue weighted by atomic mass is 10.3. The SMILES string of the molecule is CC(C)N1C(=O)CS[C@@H]1c1cccs1. The zero-order valence-electron chi connectivity index (χ0n) is 8.27. The third-order valence-corrected chi connectivity index (χ3v) is 4.53. The maximum absolute atomic E-state index is 11.6. The molecule has 76 valence electrons. The average molecular weight is 227 g/mol. The lowest BCUT2D eigenvalue weighted by molar-refractivity contribution is -0.129. The molecule has 0 radical (unpaired) electrons. The van der Waals surface area contributed by atoms with Gasteiger partial charge < -0.3 is 4.90 Å². The van der Waals surface area contributed by atoms with Crippen molar-refractivity contribution < 1.29 is 4.79 Å². The van der Waals surface area contributed by atoms with Gasteiger partial charge in [-0.3, -0.25) is 4.79 Å². The van der Waals surface area contributed by atoms with Gasteiger partial charge in [0.25, 0.3) is 0 Å². The van der Waals surface area contributed by atoms with E-state index in [1.165, 1.54) is 4.88 Å². The first-order valence-electron chi connectivity index (χ1n) is 4.66. The Morgan fingerprint density at radius 3 is 2.93 bits per heavy atom. The van der Waals surface area contributed by atoms with Crippen LogP contribution in [0.25, 0.3) is 0 Å². The summed E-state index contributed by atoms with van der Waals surface area (Å²) in [6, 6.07) is 4.45. The number of carbonyl (C=O) groups excluding carboxylic acids is 1. The fourth-order valence-corrected chi connectivity index (χ4v) is 3.93. The van der Waals surface area contributed by atoms with Gasteiger partial charge in [-0.15, -0.1) is 23.1 Å². The number of thiophene rings is 1. The molecule has 0 unspecified atom stereocenters. The summed E-state index contributed by atoms with van der Waals surface area (Å²) in [6.07, 6.45) is 0. The van der Waals surface area contributed by atoms with Crippen LogP contribution in [-0.4, -0.2) is 22.6 Å². The fraction of sp³-hybridized carbons (Fsp3) is 0.500. The minimum absolute atomic E-state index is 0.252. The van der Waals surface area contributed by atoms with Crippen LogP contribution < -0.4 is 0 Å². The number of rotatable bonds is 2. The molecule has 1 aromatic rings. The van der Waals surface area contributed by atoms with Crippen molar-refractivity contribution in [3.63, 3.8) is 0 Å². The third-order valence-electron chi connectivity index (χ3n) is 2.25. The molecule has 2 rings (SSSR count). The van der Waals surface area contributed by atoms with Crippen LogP contribution in [0.2, 0.25) is 0 Å². The Balaban J connectivity index is 2.24. The Hall–Kier alpha value is -0.480. The van der Waals surface area contributed by atoms with Crippen molar-refractivity contribution in [2.24, 2.45) is 0 Å². The Morgan fingerprint density at radius 1 is 1.57 bits per heavy atom. The smallest absolute Gasteiger partial charge is 0.234 e. The van der Waals surface area contributed by atoms with Crippen LogP contribution in [-0.2, 0) is 4.79 Å². The number of carbonyl (C=O) groups is 1. The molecule has 0 bridgehead atoms. The van der Waals surface area contributed by atoms with Gasteiger partial charge in [-0.25, -0.2) is 0 Å². The van der Waals surface area contributed by atoms with E-state index in [0.29, 0.717) is 11.8 Å². The minimum Gasteiger partial charge on any atom is -0.323 e. The Morgan fingerprint density at radius 2 is 2.36 bits per heavy atom. The van der Waals surface area contributed by atoms with Crippen molar-refractivity contribution in [1.82, 2.24) is 4.90 Å². The molecule has 0 aromatic carbocycles. The highest BCUT2D eigenvalue weighted by Crippen LogP contribution is 2.41. The maximum atomic E-state index is 11.6. The molecule has 1 aromatic heterocycles. The summed E-state index contributed by atoms with van der Waals surface area (Å²) in [5.41, 5.74) is 0. The molecule has 1 aliphatic heterocycles. The first-order valence-corrected chi connectivity index (χ1v) is 6.59. The van der Waals surface area contributed by atoms with E-state index in [9.17, 15) is 4.79 Å². The lowest BCUT2D eigenvalue weighted by Crippen LogP contribution is -2.34. The van der Waals surface area contributed by atoms with Crippen molar-refractivity contribution in [1.29, 1.82) is 0 Å². The number of thioether (sulfide) groups is 1. The van der Waals surface area contributed by atoms with E-state index in [0.717, 1.165) is 0 Å². The Labute approximate surface area is 92.3 Å². The maximum Gasteiger partial charge on any atom is 0.234 e. The highest BCUT2D eigenvalue weighted by molar-refractivity contribution is 8.00. The summed E-state index contributed by atoms with van der Waals surface area (Å²) in [5.74, 6) is 0.893. The van der Waals surface area contributed by atoms with Crippen LogP contribution in [0.1, 0.15) is 24.1 Å². The second-order valence-corrected chi connectivity index (χ2v) is 5.62. The normalized spacial score (nSPS) is 22.4. The Kier molecular flexibility index (Phi) is 2.83. The topological polar surface area (TPSA) is 20.3 Å². The van der Waals surface area contributed by atoms with E-state index < -0.39 is 0 Å². The van der Waals surface area contributed by atoms with Crippen molar-refractivity contribution in [3.8, 4) is 0 Å². The summed E-state index contributed by atoms with van der Waals surface area (Å²) in [7, 11) is 0. The predicted octanol–water partition coefficient (Wildman–Crippen LogP) is 2.73. The number of amides is 1. The number of hydrogen-bond donors (Lipinski definition) is 0. The second kappa shape index (κ2) is 3.95. The monoisotopic (exact) mass is 227 g/mol. The van der Waals surface area contributed by atoms with Crippen LogP contribution in [0.15, 0.2) is 17.5 Å². The summed E-state index contributed by atoms with van der Waals surface area (Å²) < 4.78 is 0. The van der Waals surface area contributed by atoms with Crippen molar-refractivity contribution in [3.05, 3.63) is 22.4 Å². The first-order chi connectivity index (χ1) is 6.70. The molecular weight excluding hydrogens is 214 g/mol. The van der Waals surface area contributed by atoms with E-state index in [1.807, 2.05) is 11.0 Å². The van der Waals surface area contributed by atoms with Crippen LogP contribution in [0.3, 0.4) is 0 Å². The van der Waals surface area contributed by atoms with E-state index in [4.69, 9.17) is 0 Å². The fourth-order valence-electron chi connectivity index (χ4n) is 1.65. The van der Waals surface area contributed by atoms with Gasteiger partial charge in [0.1, 0.15) is 5.37 Å². The molecule has 0 saturated carbocycles. The molecule has 4 heteroatoms. The van der Waals surface area contributed by atoms with Crippen LogP contribution in [0.5, 0.6) is 0 Å². The van der Waals surface area contributed by atoms with E-state index in [-0.39, 0.29) is 11.3 Å². The molecule has 1 fully saturated rings. The highest BCUT2D eigenvalue weighted by Gasteiger charge is 2.34. The molecular formula is C10H13NOS2. The molecule has 0 N–H and O–H groups in total. The van der Waals surface area contributed by atoms with Crippen LogP contribution in [0, 0.1) is 0 Å². The summed E-state index contributed by atoms with van der Waals surface area (Å²) in [6.45, 7) is 4.15. The standard InChI is InChI=1S/C10H13NOS2/c1-7(2)11-9(12)6-14-10(11)8-4-3-5-13-8/h3-5,7,10H,6H2,1-2H3/t10-/m1/s1. The lowest BCUT2D eigenvalue weighted by Gasteiger charge is -2.26. The van der Waals surface area contributed by atoms with Crippen molar-refractivity contribution in [2.75, 3.05) is 5.75 Å². The van der Waals surface area contributed by atoms with Gasteiger partial charge in [-0.2, -0.15) is 0 Å². The highest BCUT2D eigenvalue weighted by atomic mass is 32.2. The van der Waals surface area contributed by atoms with E-state index in [2.05, 4.69) is 25.3 Å². The number of nitrogens with zero attached hydrogens (tertiary/aromatic N) is 1. The molecule has 2 nitrogen and oxygen atoms in total. The van der Waals surface area contributed by atoms with Crippen LogP contribution >= 0.6 is 23.1 Å². The predicted molar refractivity (Wildman–Crippen MR) is 61.5 cm³/mol. The van der Waals surface area contributed by atoms with Gasteiger partial charge in [0.05, 0.1) is 5.75 Å². The van der Waals surface area contributed by atoms with Crippen molar-refractivity contribution in [2.45, 2.75) is 25.3 Å². The summed E-state index contributed by atoms with van der Waals surface area (Å²) in [4.78, 5) is 14.9. The third kappa shape index (κ3) is 1.68. The molecule has 1 atom stereocenters. The van der Waals surface area contributed by atoms with Gasteiger partial charge in [0.2, 0.25) is 5.91 Å². The molecule has 0 spiro atoms. The van der Waals surface area contributed by atoms with E-state index in [1.54, 1.807) is 23.1 Å². The Bertz CT molecular complexity index is 321. The molecule has 1 saturated heterocycles. The molecule has 1 aliphatic rings. The molecule has 14 heavy (non-hydrogen) atoms. The largest absolute Gasteiger partial charge is 0.323 e. The zero-order chi connectivity index (χ0) is 10.1. The van der Waals surface area contributed by atoms with Gasteiger partial charge in [0, 0.05) is 10.9 Å². The minimum atomic E-state index is 0.252. The van der Waals surface area contributed by atoms with Gasteiger partial charge in [-0.1, -0.05) is 6.07 Å². The average Bonchev–Trinajstić information content (AvgIpc) is 2.70. The van der Waals surface area contributed by atoms with Crippen molar-refractivity contribution >= 4 is 29.0 Å². The first kappa shape index (κ1) is 10.1.